The van der Waals surface area contributed by atoms with Crippen LogP contribution in [0.15, 0.2) is 47.9 Å². The number of primary amides is 1. The summed E-state index contributed by atoms with van der Waals surface area (Å²) in [5.74, 6) is -0.417. The first-order valence-electron chi connectivity index (χ1n) is 6.56. The highest BCUT2D eigenvalue weighted by molar-refractivity contribution is 7.88. The van der Waals surface area contributed by atoms with Crippen LogP contribution in [0.1, 0.15) is 21.5 Å². The number of carbonyl (C=O) groups excluding carboxylic acids is 1. The highest BCUT2D eigenvalue weighted by Gasteiger charge is 2.03. The largest absolute Gasteiger partial charge is 0.366 e. The summed E-state index contributed by atoms with van der Waals surface area (Å²) in [5, 5.41) is 1.74. The van der Waals surface area contributed by atoms with Gasteiger partial charge in [0.2, 0.25) is 5.91 Å². The Morgan fingerprint density at radius 2 is 1.79 bits per heavy atom. The molecule has 3 N–H and O–H groups in total. The Kier molecular flexibility index (Phi) is 7.44. The number of nitrogens with two attached hydrogens (primary N) is 1. The molecule has 0 heterocycles. The molecule has 2 aromatic carbocycles. The highest BCUT2D eigenvalue weighted by atomic mass is 35.5. The lowest BCUT2D eigenvalue weighted by molar-refractivity contribution is 0.0999. The lowest BCUT2D eigenvalue weighted by Gasteiger charge is -1.99. The van der Waals surface area contributed by atoms with Crippen LogP contribution in [0.4, 0.5) is 0 Å². The molecule has 2 aromatic rings. The lowest BCUT2D eigenvalue weighted by Crippen LogP contribution is -2.12. The molecule has 0 saturated carbocycles. The van der Waals surface area contributed by atoms with Crippen LogP contribution in [-0.4, -0.2) is 18.9 Å². The van der Waals surface area contributed by atoms with Crippen molar-refractivity contribution in [2.45, 2.75) is 6.92 Å². The van der Waals surface area contributed by atoms with Gasteiger partial charge in [-0.15, -0.1) is 0 Å². The van der Waals surface area contributed by atoms with E-state index in [1.807, 2.05) is 0 Å². The smallest absolute Gasteiger partial charge is 0.287 e. The number of amides is 1. The van der Waals surface area contributed by atoms with E-state index in [0.29, 0.717) is 26.6 Å². The van der Waals surface area contributed by atoms with Gasteiger partial charge in [0.25, 0.3) is 10.1 Å². The van der Waals surface area contributed by atoms with Gasteiger partial charge in [0.15, 0.2) is 0 Å². The van der Waals surface area contributed by atoms with E-state index in [2.05, 4.69) is 0 Å². The second-order valence-electron chi connectivity index (χ2n) is 4.66. The van der Waals surface area contributed by atoms with E-state index < -0.39 is 16.0 Å². The van der Waals surface area contributed by atoms with Gasteiger partial charge >= 0.3 is 0 Å². The summed E-state index contributed by atoms with van der Waals surface area (Å²) in [6.07, 6.45) is 1.23. The number of aryl methyl sites for hydroxylation is 1. The standard InChI is InChI=1S/C8H8ClNO.C8H7ClO3S/c1-5-4-6(9)2-3-7(5)8(10)11;9-8-4-2-1-3-7(8)5-6-13(10,11)12/h2-4H,1H3,(H2,10,11);1-6H,(H,10,11,12)/b;6-5+. The molecule has 0 fully saturated rings. The van der Waals surface area contributed by atoms with Gasteiger partial charge in [-0.05, 0) is 48.4 Å². The summed E-state index contributed by atoms with van der Waals surface area (Å²) >= 11 is 11.4. The van der Waals surface area contributed by atoms with E-state index in [4.69, 9.17) is 33.5 Å². The molecule has 0 aliphatic heterocycles. The van der Waals surface area contributed by atoms with Gasteiger partial charge in [0.05, 0.1) is 5.41 Å². The second kappa shape index (κ2) is 8.84. The molecule has 0 radical (unpaired) electrons. The Balaban J connectivity index is 0.000000243. The van der Waals surface area contributed by atoms with Crippen LogP contribution in [0.3, 0.4) is 0 Å². The zero-order valence-electron chi connectivity index (χ0n) is 12.6. The summed E-state index contributed by atoms with van der Waals surface area (Å²) < 4.78 is 29.1. The number of rotatable bonds is 3. The van der Waals surface area contributed by atoms with Crippen molar-refractivity contribution < 1.29 is 17.8 Å². The third-order valence-corrected chi connectivity index (χ3v) is 3.84. The molecule has 5 nitrogen and oxygen atoms in total. The molecular weight excluding hydrogens is 373 g/mol. The van der Waals surface area contributed by atoms with Gasteiger partial charge in [-0.3, -0.25) is 9.35 Å². The molecule has 0 spiro atoms. The summed E-state index contributed by atoms with van der Waals surface area (Å²) in [4.78, 5) is 10.7. The quantitative estimate of drug-likeness (QED) is 0.778. The van der Waals surface area contributed by atoms with Crippen molar-refractivity contribution in [3.05, 3.63) is 74.6 Å². The summed E-state index contributed by atoms with van der Waals surface area (Å²) in [6.45, 7) is 1.80. The van der Waals surface area contributed by atoms with E-state index in [1.54, 1.807) is 49.4 Å². The topological polar surface area (TPSA) is 97.5 Å². The minimum atomic E-state index is -4.08. The van der Waals surface area contributed by atoms with Gasteiger partial charge in [-0.1, -0.05) is 41.4 Å². The summed E-state index contributed by atoms with van der Waals surface area (Å²) in [5.41, 5.74) is 6.96. The Hall–Kier alpha value is -1.86. The van der Waals surface area contributed by atoms with E-state index >= 15 is 0 Å². The van der Waals surface area contributed by atoms with Crippen LogP contribution in [0, 0.1) is 6.92 Å². The molecular formula is C16H15Cl2NO4S. The zero-order valence-corrected chi connectivity index (χ0v) is 14.9. The Bertz CT molecular complexity index is 864. The number of benzene rings is 2. The van der Waals surface area contributed by atoms with Gasteiger partial charge in [-0.25, -0.2) is 0 Å². The molecule has 128 valence electrons. The highest BCUT2D eigenvalue weighted by Crippen LogP contribution is 2.16. The molecule has 0 aromatic heterocycles. The molecule has 0 unspecified atom stereocenters. The monoisotopic (exact) mass is 387 g/mol. The Morgan fingerprint density at radius 3 is 2.29 bits per heavy atom. The van der Waals surface area contributed by atoms with Gasteiger partial charge in [-0.2, -0.15) is 8.42 Å². The normalized spacial score (nSPS) is 11.0. The molecule has 0 saturated heterocycles. The minimum Gasteiger partial charge on any atom is -0.366 e. The third kappa shape index (κ3) is 7.14. The molecule has 0 bridgehead atoms. The number of carbonyl (C=O) groups is 1. The van der Waals surface area contributed by atoms with Crippen LogP contribution >= 0.6 is 23.2 Å². The fourth-order valence-corrected chi connectivity index (χ4v) is 2.42. The molecule has 0 aliphatic rings. The van der Waals surface area contributed by atoms with Crippen LogP contribution in [0.25, 0.3) is 6.08 Å². The predicted molar refractivity (Wildman–Crippen MR) is 96.7 cm³/mol. The number of hydrogen-bond donors (Lipinski definition) is 2. The Labute approximate surface area is 150 Å². The van der Waals surface area contributed by atoms with Crippen molar-refractivity contribution in [2.24, 2.45) is 5.73 Å². The maximum absolute atomic E-state index is 10.7. The van der Waals surface area contributed by atoms with Crippen molar-refractivity contribution in [3.63, 3.8) is 0 Å². The van der Waals surface area contributed by atoms with Crippen LogP contribution < -0.4 is 5.73 Å². The van der Waals surface area contributed by atoms with E-state index in [0.717, 1.165) is 5.56 Å². The van der Waals surface area contributed by atoms with E-state index in [1.165, 1.54) is 6.08 Å². The molecule has 24 heavy (non-hydrogen) atoms. The van der Waals surface area contributed by atoms with Crippen molar-refractivity contribution >= 4 is 45.3 Å². The molecule has 2 rings (SSSR count). The van der Waals surface area contributed by atoms with Crippen LogP contribution in [0.5, 0.6) is 0 Å². The zero-order chi connectivity index (χ0) is 18.3. The van der Waals surface area contributed by atoms with Gasteiger partial charge in [0.1, 0.15) is 0 Å². The summed E-state index contributed by atoms with van der Waals surface area (Å²) in [6, 6.07) is 11.7. The van der Waals surface area contributed by atoms with Gasteiger partial charge in [0, 0.05) is 15.6 Å². The first-order valence-corrected chi connectivity index (χ1v) is 8.82. The van der Waals surface area contributed by atoms with E-state index in [-0.39, 0.29) is 0 Å². The average Bonchev–Trinajstić information content (AvgIpc) is 2.45. The van der Waals surface area contributed by atoms with Crippen LogP contribution in [-0.2, 0) is 10.1 Å². The van der Waals surface area contributed by atoms with Crippen molar-refractivity contribution in [3.8, 4) is 0 Å². The first kappa shape index (κ1) is 20.2. The predicted octanol–water partition coefficient (Wildman–Crippen LogP) is 3.95. The average molecular weight is 388 g/mol. The van der Waals surface area contributed by atoms with Crippen molar-refractivity contribution in [1.29, 1.82) is 0 Å². The second-order valence-corrected chi connectivity index (χ2v) is 6.81. The molecule has 0 aliphatic carbocycles. The maximum Gasteiger partial charge on any atom is 0.287 e. The summed E-state index contributed by atoms with van der Waals surface area (Å²) in [7, 11) is -4.08. The molecule has 8 heteroatoms. The van der Waals surface area contributed by atoms with Crippen molar-refractivity contribution in [2.75, 3.05) is 0 Å². The molecule has 1 amide bonds. The number of hydrogen-bond acceptors (Lipinski definition) is 3. The Morgan fingerprint density at radius 1 is 1.17 bits per heavy atom. The fourth-order valence-electron chi connectivity index (χ4n) is 1.67. The van der Waals surface area contributed by atoms with Gasteiger partial charge < -0.3 is 5.73 Å². The lowest BCUT2D eigenvalue weighted by atomic mass is 10.1. The fraction of sp³-hybridized carbons (Fsp3) is 0.0625. The minimum absolute atomic E-state index is 0.417. The number of halogens is 2. The molecule has 0 atom stereocenters. The first-order chi connectivity index (χ1) is 11.1. The van der Waals surface area contributed by atoms with E-state index in [9.17, 15) is 13.2 Å². The third-order valence-electron chi connectivity index (χ3n) is 2.78. The maximum atomic E-state index is 10.7. The SMILES string of the molecule is Cc1cc(Cl)ccc1C(N)=O.O=S(=O)(O)/C=C/c1ccccc1Cl. The van der Waals surface area contributed by atoms with Crippen molar-refractivity contribution in [1.82, 2.24) is 0 Å². The van der Waals surface area contributed by atoms with Crippen LogP contribution in [0.2, 0.25) is 10.0 Å².